The summed E-state index contributed by atoms with van der Waals surface area (Å²) in [5.41, 5.74) is 1.76. The predicted octanol–water partition coefficient (Wildman–Crippen LogP) is 3.21. The smallest absolute Gasteiger partial charge is 0.187 e. The zero-order chi connectivity index (χ0) is 11.9. The van der Waals surface area contributed by atoms with Gasteiger partial charge in [0, 0.05) is 23.5 Å². The quantitative estimate of drug-likeness (QED) is 0.629. The summed E-state index contributed by atoms with van der Waals surface area (Å²) in [6.07, 6.45) is 11.7. The topological polar surface area (TPSA) is 29.1 Å². The maximum atomic E-state index is 11.7. The zero-order valence-electron chi connectivity index (χ0n) is 9.60. The number of carbonyl (C=O) groups excluding carboxylic acids is 1. The molecule has 0 bridgehead atoms. The molecule has 0 aliphatic heterocycles. The Morgan fingerprint density at radius 1 is 1.18 bits per heavy atom. The van der Waals surface area contributed by atoms with Gasteiger partial charge in [-0.3, -0.25) is 4.79 Å². The van der Waals surface area contributed by atoms with Gasteiger partial charge in [0.25, 0.3) is 0 Å². The number of hydrogen-bond acceptors (Lipinski definition) is 2. The Morgan fingerprint density at radius 2 is 2.00 bits per heavy atom. The molecule has 17 heavy (non-hydrogen) atoms. The SMILES string of the molecule is O=C(/C=C\NC1=CCCC=C1)c1ccccc1. The first kappa shape index (κ1) is 11.4. The predicted molar refractivity (Wildman–Crippen MR) is 69.5 cm³/mol. The molecule has 2 heteroatoms. The second kappa shape index (κ2) is 5.85. The van der Waals surface area contributed by atoms with E-state index in [0.29, 0.717) is 5.56 Å². The van der Waals surface area contributed by atoms with E-state index in [2.05, 4.69) is 17.5 Å². The minimum absolute atomic E-state index is 0.0125. The van der Waals surface area contributed by atoms with E-state index in [0.717, 1.165) is 18.5 Å². The first-order valence-electron chi connectivity index (χ1n) is 5.75. The zero-order valence-corrected chi connectivity index (χ0v) is 9.60. The van der Waals surface area contributed by atoms with Crippen LogP contribution in [0.25, 0.3) is 0 Å². The summed E-state index contributed by atoms with van der Waals surface area (Å²) in [6.45, 7) is 0. The molecule has 86 valence electrons. The molecule has 1 aliphatic carbocycles. The third-order valence-corrected chi connectivity index (χ3v) is 2.54. The van der Waals surface area contributed by atoms with Crippen molar-refractivity contribution in [3.8, 4) is 0 Å². The molecule has 0 radical (unpaired) electrons. The van der Waals surface area contributed by atoms with Crippen LogP contribution < -0.4 is 5.32 Å². The Hall–Kier alpha value is -2.09. The van der Waals surface area contributed by atoms with Gasteiger partial charge in [-0.15, -0.1) is 0 Å². The molecule has 0 spiro atoms. The van der Waals surface area contributed by atoms with Gasteiger partial charge in [0.15, 0.2) is 5.78 Å². The molecule has 0 atom stereocenters. The Bertz CT molecular complexity index is 469. The minimum atomic E-state index is 0.0125. The molecule has 1 N–H and O–H groups in total. The molecule has 2 rings (SSSR count). The average molecular weight is 225 g/mol. The van der Waals surface area contributed by atoms with Crippen LogP contribution in [-0.4, -0.2) is 5.78 Å². The normalized spacial score (nSPS) is 14.7. The lowest BCUT2D eigenvalue weighted by molar-refractivity contribution is 0.104. The van der Waals surface area contributed by atoms with Gasteiger partial charge in [-0.05, 0) is 18.9 Å². The number of rotatable bonds is 4. The van der Waals surface area contributed by atoms with Crippen LogP contribution in [0.1, 0.15) is 23.2 Å². The highest BCUT2D eigenvalue weighted by molar-refractivity contribution is 6.04. The van der Waals surface area contributed by atoms with Gasteiger partial charge in [0.1, 0.15) is 0 Å². The maximum absolute atomic E-state index is 11.7. The van der Waals surface area contributed by atoms with E-state index in [1.807, 2.05) is 36.4 Å². The van der Waals surface area contributed by atoms with Crippen molar-refractivity contribution in [1.29, 1.82) is 0 Å². The first-order valence-corrected chi connectivity index (χ1v) is 5.75. The lowest BCUT2D eigenvalue weighted by Crippen LogP contribution is -2.05. The highest BCUT2D eigenvalue weighted by Crippen LogP contribution is 2.06. The van der Waals surface area contributed by atoms with Gasteiger partial charge in [-0.25, -0.2) is 0 Å². The fourth-order valence-electron chi connectivity index (χ4n) is 1.63. The van der Waals surface area contributed by atoms with Crippen molar-refractivity contribution in [2.75, 3.05) is 0 Å². The molecule has 1 aliphatic rings. The second-order valence-corrected chi connectivity index (χ2v) is 3.85. The van der Waals surface area contributed by atoms with Gasteiger partial charge < -0.3 is 5.32 Å². The summed E-state index contributed by atoms with van der Waals surface area (Å²) in [5.74, 6) is 0.0125. The molecular weight excluding hydrogens is 210 g/mol. The van der Waals surface area contributed by atoms with Crippen molar-refractivity contribution < 1.29 is 4.79 Å². The monoisotopic (exact) mass is 225 g/mol. The molecule has 0 saturated carbocycles. The molecular formula is C15H15NO. The highest BCUT2D eigenvalue weighted by Gasteiger charge is 1.99. The molecule has 0 amide bonds. The van der Waals surface area contributed by atoms with Crippen LogP contribution in [0.4, 0.5) is 0 Å². The molecule has 0 unspecified atom stereocenters. The molecule has 1 aromatic carbocycles. The van der Waals surface area contributed by atoms with Crippen LogP contribution in [0.5, 0.6) is 0 Å². The summed E-state index contributed by atoms with van der Waals surface area (Å²) in [6, 6.07) is 9.25. The van der Waals surface area contributed by atoms with Crippen molar-refractivity contribution in [3.63, 3.8) is 0 Å². The lowest BCUT2D eigenvalue weighted by Gasteiger charge is -2.05. The highest BCUT2D eigenvalue weighted by atomic mass is 16.1. The standard InChI is InChI=1S/C15H15NO/c17-15(13-7-3-1-4-8-13)11-12-16-14-9-5-2-6-10-14/h1,3-5,7-12,16H,2,6H2/b12-11-. The largest absolute Gasteiger partial charge is 0.362 e. The molecule has 0 aromatic heterocycles. The van der Waals surface area contributed by atoms with Gasteiger partial charge in [-0.1, -0.05) is 42.5 Å². The number of carbonyl (C=O) groups is 1. The van der Waals surface area contributed by atoms with E-state index in [9.17, 15) is 4.79 Å². The van der Waals surface area contributed by atoms with E-state index < -0.39 is 0 Å². The minimum Gasteiger partial charge on any atom is -0.362 e. The maximum Gasteiger partial charge on any atom is 0.187 e. The van der Waals surface area contributed by atoms with E-state index in [1.54, 1.807) is 12.3 Å². The molecule has 2 nitrogen and oxygen atoms in total. The van der Waals surface area contributed by atoms with Crippen LogP contribution in [0.3, 0.4) is 0 Å². The van der Waals surface area contributed by atoms with Crippen LogP contribution in [0.15, 0.2) is 66.5 Å². The number of allylic oxidation sites excluding steroid dienone is 4. The number of nitrogens with one attached hydrogen (secondary N) is 1. The fourth-order valence-corrected chi connectivity index (χ4v) is 1.63. The van der Waals surface area contributed by atoms with Gasteiger partial charge in [-0.2, -0.15) is 0 Å². The average Bonchev–Trinajstić information content (AvgIpc) is 2.41. The van der Waals surface area contributed by atoms with E-state index >= 15 is 0 Å². The van der Waals surface area contributed by atoms with Gasteiger partial charge >= 0.3 is 0 Å². The van der Waals surface area contributed by atoms with Crippen molar-refractivity contribution in [3.05, 3.63) is 72.1 Å². The fraction of sp³-hybridized carbons (Fsp3) is 0.133. The van der Waals surface area contributed by atoms with E-state index in [-0.39, 0.29) is 5.78 Å². The second-order valence-electron chi connectivity index (χ2n) is 3.85. The molecule has 1 aromatic rings. The Balaban J connectivity index is 1.91. The third-order valence-electron chi connectivity index (χ3n) is 2.54. The van der Waals surface area contributed by atoms with Crippen molar-refractivity contribution in [1.82, 2.24) is 5.32 Å². The van der Waals surface area contributed by atoms with Gasteiger partial charge in [0.2, 0.25) is 0 Å². The van der Waals surface area contributed by atoms with Crippen LogP contribution in [0, 0.1) is 0 Å². The molecule has 0 fully saturated rings. The number of hydrogen-bond donors (Lipinski definition) is 1. The number of ketones is 1. The van der Waals surface area contributed by atoms with Gasteiger partial charge in [0.05, 0.1) is 0 Å². The van der Waals surface area contributed by atoms with E-state index in [1.165, 1.54) is 0 Å². The summed E-state index contributed by atoms with van der Waals surface area (Å²) in [5, 5.41) is 3.10. The van der Waals surface area contributed by atoms with Crippen molar-refractivity contribution >= 4 is 5.78 Å². The summed E-state index contributed by atoms with van der Waals surface area (Å²) in [4.78, 5) is 11.7. The van der Waals surface area contributed by atoms with Crippen molar-refractivity contribution in [2.45, 2.75) is 12.8 Å². The van der Waals surface area contributed by atoms with E-state index in [4.69, 9.17) is 0 Å². The number of benzene rings is 1. The summed E-state index contributed by atoms with van der Waals surface area (Å²) in [7, 11) is 0. The van der Waals surface area contributed by atoms with Crippen molar-refractivity contribution in [2.24, 2.45) is 0 Å². The summed E-state index contributed by atoms with van der Waals surface area (Å²) < 4.78 is 0. The van der Waals surface area contributed by atoms with Crippen LogP contribution >= 0.6 is 0 Å². The Labute approximate surface area is 101 Å². The molecule has 0 saturated heterocycles. The van der Waals surface area contributed by atoms with Crippen LogP contribution in [0.2, 0.25) is 0 Å². The summed E-state index contributed by atoms with van der Waals surface area (Å²) >= 11 is 0. The third kappa shape index (κ3) is 3.45. The lowest BCUT2D eigenvalue weighted by atomic mass is 10.1. The Morgan fingerprint density at radius 3 is 2.71 bits per heavy atom. The molecule has 0 heterocycles. The van der Waals surface area contributed by atoms with Crippen LogP contribution in [-0.2, 0) is 0 Å². The first-order chi connectivity index (χ1) is 8.36. The Kier molecular flexibility index (Phi) is 3.92.